The predicted molar refractivity (Wildman–Crippen MR) is 46.2 cm³/mol. The molecule has 70 valence electrons. The van der Waals surface area contributed by atoms with E-state index in [1.165, 1.54) is 0 Å². The minimum atomic E-state index is -2.35. The molecule has 11 heavy (non-hydrogen) atoms. The molecular weight excluding hydrogens is 196 g/mol. The fraction of sp³-hybridized carbons (Fsp3) is 1.00. The van der Waals surface area contributed by atoms with Gasteiger partial charge in [-0.05, 0) is 0 Å². The van der Waals surface area contributed by atoms with E-state index in [1.807, 2.05) is 0 Å². The number of hydrogen-bond acceptors (Lipinski definition) is 2. The standard InChI is InChI=1S/C5H9F2NO.ClH.H2S/c6-5(7)4-3-8-1-2-9-4;;/h4-5,8H,1-3H2;1H;1H2/t4-;;/m0../s1. The van der Waals surface area contributed by atoms with Crippen molar-refractivity contribution in [1.82, 2.24) is 5.32 Å². The van der Waals surface area contributed by atoms with Crippen LogP contribution < -0.4 is 5.32 Å². The van der Waals surface area contributed by atoms with Gasteiger partial charge in [-0.3, -0.25) is 0 Å². The number of hydrogen-bond donors (Lipinski definition) is 1. The van der Waals surface area contributed by atoms with E-state index in [-0.39, 0.29) is 32.4 Å². The topological polar surface area (TPSA) is 21.3 Å². The number of morpholine rings is 1. The van der Waals surface area contributed by atoms with Gasteiger partial charge in [0.2, 0.25) is 0 Å². The van der Waals surface area contributed by atoms with Gasteiger partial charge in [-0.2, -0.15) is 13.5 Å². The number of halogens is 3. The van der Waals surface area contributed by atoms with Gasteiger partial charge in [0.1, 0.15) is 6.10 Å². The van der Waals surface area contributed by atoms with E-state index in [0.717, 1.165) is 0 Å². The summed E-state index contributed by atoms with van der Waals surface area (Å²) >= 11 is 0. The molecule has 1 atom stereocenters. The summed E-state index contributed by atoms with van der Waals surface area (Å²) in [4.78, 5) is 0. The summed E-state index contributed by atoms with van der Waals surface area (Å²) in [7, 11) is 0. The summed E-state index contributed by atoms with van der Waals surface area (Å²) in [5, 5.41) is 2.81. The average molecular weight is 208 g/mol. The molecule has 1 saturated heterocycles. The smallest absolute Gasteiger partial charge is 0.265 e. The molecule has 0 spiro atoms. The monoisotopic (exact) mass is 207 g/mol. The first-order chi connectivity index (χ1) is 4.30. The Bertz CT molecular complexity index is 92.6. The molecule has 1 fully saturated rings. The Morgan fingerprint density at radius 1 is 1.45 bits per heavy atom. The molecule has 0 aromatic heterocycles. The van der Waals surface area contributed by atoms with Gasteiger partial charge in [-0.15, -0.1) is 12.4 Å². The van der Waals surface area contributed by atoms with Crippen LogP contribution in [0.15, 0.2) is 0 Å². The molecule has 1 rings (SSSR count). The Labute approximate surface area is 77.5 Å². The van der Waals surface area contributed by atoms with Crippen molar-refractivity contribution in [2.75, 3.05) is 19.7 Å². The van der Waals surface area contributed by atoms with E-state index in [4.69, 9.17) is 4.74 Å². The lowest BCUT2D eigenvalue weighted by molar-refractivity contribution is -0.0686. The summed E-state index contributed by atoms with van der Waals surface area (Å²) < 4.78 is 28.2. The van der Waals surface area contributed by atoms with Crippen LogP contribution >= 0.6 is 25.9 Å². The van der Waals surface area contributed by atoms with Gasteiger partial charge >= 0.3 is 0 Å². The molecule has 0 unspecified atom stereocenters. The van der Waals surface area contributed by atoms with Crippen molar-refractivity contribution in [3.63, 3.8) is 0 Å². The summed E-state index contributed by atoms with van der Waals surface area (Å²) in [5.74, 6) is 0. The van der Waals surface area contributed by atoms with Gasteiger partial charge in [0.05, 0.1) is 6.61 Å². The lowest BCUT2D eigenvalue weighted by Gasteiger charge is -2.22. The lowest BCUT2D eigenvalue weighted by Crippen LogP contribution is -2.42. The third-order valence-electron chi connectivity index (χ3n) is 1.24. The average Bonchev–Trinajstić information content (AvgIpc) is 1.90. The van der Waals surface area contributed by atoms with E-state index in [9.17, 15) is 8.78 Å². The molecule has 1 N–H and O–H groups in total. The number of rotatable bonds is 1. The number of nitrogens with one attached hydrogen (secondary N) is 1. The van der Waals surface area contributed by atoms with Crippen LogP contribution in [0.25, 0.3) is 0 Å². The van der Waals surface area contributed by atoms with E-state index >= 15 is 0 Å². The highest BCUT2D eigenvalue weighted by Crippen LogP contribution is 2.06. The van der Waals surface area contributed by atoms with Crippen molar-refractivity contribution in [1.29, 1.82) is 0 Å². The van der Waals surface area contributed by atoms with E-state index in [1.54, 1.807) is 0 Å². The third kappa shape index (κ3) is 4.79. The van der Waals surface area contributed by atoms with Crippen molar-refractivity contribution >= 4 is 25.9 Å². The second kappa shape index (κ2) is 7.09. The van der Waals surface area contributed by atoms with E-state index in [0.29, 0.717) is 13.2 Å². The fourth-order valence-corrected chi connectivity index (χ4v) is 0.748. The zero-order valence-corrected chi connectivity index (χ0v) is 7.66. The highest BCUT2D eigenvalue weighted by Gasteiger charge is 2.22. The molecule has 0 amide bonds. The number of ether oxygens (including phenoxy) is 1. The molecule has 0 bridgehead atoms. The van der Waals surface area contributed by atoms with Crippen LogP contribution in [0.4, 0.5) is 8.78 Å². The van der Waals surface area contributed by atoms with Crippen molar-refractivity contribution in [2.45, 2.75) is 12.5 Å². The number of alkyl halides is 2. The minimum absolute atomic E-state index is 0. The van der Waals surface area contributed by atoms with Gasteiger partial charge in [0, 0.05) is 13.1 Å². The highest BCUT2D eigenvalue weighted by molar-refractivity contribution is 7.59. The van der Waals surface area contributed by atoms with Crippen molar-refractivity contribution in [3.05, 3.63) is 0 Å². The van der Waals surface area contributed by atoms with Crippen LogP contribution in [-0.2, 0) is 4.74 Å². The molecular formula is C5H12ClF2NOS. The van der Waals surface area contributed by atoms with Gasteiger partial charge in [0.15, 0.2) is 0 Å². The molecule has 0 aromatic carbocycles. The zero-order chi connectivity index (χ0) is 6.69. The zero-order valence-electron chi connectivity index (χ0n) is 5.85. The van der Waals surface area contributed by atoms with Crippen LogP contribution in [0.3, 0.4) is 0 Å². The maximum absolute atomic E-state index is 11.8. The summed E-state index contributed by atoms with van der Waals surface area (Å²) in [6, 6.07) is 0. The summed E-state index contributed by atoms with van der Waals surface area (Å²) in [5.41, 5.74) is 0. The molecule has 6 heteroatoms. The van der Waals surface area contributed by atoms with E-state index in [2.05, 4.69) is 5.32 Å². The Balaban J connectivity index is 0. The predicted octanol–water partition coefficient (Wildman–Crippen LogP) is 0.774. The first kappa shape index (κ1) is 14.0. The summed E-state index contributed by atoms with van der Waals surface area (Å²) in [6.45, 7) is 1.36. The van der Waals surface area contributed by atoms with Crippen molar-refractivity contribution in [3.8, 4) is 0 Å². The molecule has 2 nitrogen and oxygen atoms in total. The molecule has 0 aromatic rings. The fourth-order valence-electron chi connectivity index (χ4n) is 0.748. The van der Waals surface area contributed by atoms with Gasteiger partial charge < -0.3 is 10.1 Å². The summed E-state index contributed by atoms with van der Waals surface area (Å²) in [6.07, 6.45) is -3.24. The largest absolute Gasteiger partial charge is 0.370 e. The Hall–Kier alpha value is 0.420. The molecule has 1 heterocycles. The van der Waals surface area contributed by atoms with E-state index < -0.39 is 12.5 Å². The normalized spacial score (nSPS) is 23.7. The van der Waals surface area contributed by atoms with Crippen LogP contribution in [0.1, 0.15) is 0 Å². The van der Waals surface area contributed by atoms with Gasteiger partial charge in [0.25, 0.3) is 6.43 Å². The Kier molecular flexibility index (Phi) is 9.01. The Morgan fingerprint density at radius 3 is 2.36 bits per heavy atom. The van der Waals surface area contributed by atoms with Crippen LogP contribution in [-0.4, -0.2) is 32.2 Å². The first-order valence-electron chi connectivity index (χ1n) is 2.91. The van der Waals surface area contributed by atoms with Gasteiger partial charge in [-0.25, -0.2) is 8.78 Å². The van der Waals surface area contributed by atoms with Crippen LogP contribution in [0.2, 0.25) is 0 Å². The molecule has 0 radical (unpaired) electrons. The van der Waals surface area contributed by atoms with Gasteiger partial charge in [-0.1, -0.05) is 0 Å². The molecule has 0 aliphatic carbocycles. The van der Waals surface area contributed by atoms with Crippen molar-refractivity contribution < 1.29 is 13.5 Å². The molecule has 0 saturated carbocycles. The quantitative estimate of drug-likeness (QED) is 0.686. The minimum Gasteiger partial charge on any atom is -0.370 e. The highest BCUT2D eigenvalue weighted by atomic mass is 35.5. The second-order valence-electron chi connectivity index (χ2n) is 1.95. The Morgan fingerprint density at radius 2 is 2.09 bits per heavy atom. The second-order valence-corrected chi connectivity index (χ2v) is 1.95. The maximum atomic E-state index is 11.8. The third-order valence-corrected chi connectivity index (χ3v) is 1.24. The first-order valence-corrected chi connectivity index (χ1v) is 2.91. The maximum Gasteiger partial charge on any atom is 0.265 e. The van der Waals surface area contributed by atoms with Crippen LogP contribution in [0, 0.1) is 0 Å². The lowest BCUT2D eigenvalue weighted by atomic mass is 10.3. The van der Waals surface area contributed by atoms with Crippen LogP contribution in [0.5, 0.6) is 0 Å². The molecule has 1 aliphatic rings. The SMILES string of the molecule is Cl.FC(F)[C@@H]1CNCCO1.S. The van der Waals surface area contributed by atoms with Crippen molar-refractivity contribution in [2.24, 2.45) is 0 Å². The molecule has 1 aliphatic heterocycles.